The lowest BCUT2D eigenvalue weighted by Gasteiger charge is -2.16. The van der Waals surface area contributed by atoms with Crippen LogP contribution in [0.4, 0.5) is 10.1 Å². The molecule has 1 saturated heterocycles. The van der Waals surface area contributed by atoms with Crippen LogP contribution in [0.1, 0.15) is 12.8 Å². The fraction of sp³-hybridized carbons (Fsp3) is 0.353. The van der Waals surface area contributed by atoms with Crippen molar-refractivity contribution in [1.29, 1.82) is 0 Å². The number of nitrogens with one attached hydrogen (secondary N) is 1. The molecular formula is C17H19FN2O2. The Balaban J connectivity index is 1.87. The molecule has 0 radical (unpaired) electrons. The molecule has 1 aliphatic rings. The standard InChI is InChI=1S/C17H19FN2O2/c1-21-17-9-12(18)4-5-15(17)14-6-7-19-11-16(14)20-10-13-3-2-8-22-13/h4-7,9,11,13,20H,2-3,8,10H2,1H3. The maximum absolute atomic E-state index is 13.4. The monoisotopic (exact) mass is 302 g/mol. The molecule has 0 amide bonds. The van der Waals surface area contributed by atoms with Crippen LogP contribution in [0.3, 0.4) is 0 Å². The normalized spacial score (nSPS) is 17.5. The molecule has 1 aromatic carbocycles. The molecule has 1 atom stereocenters. The maximum atomic E-state index is 13.4. The highest BCUT2D eigenvalue weighted by molar-refractivity contribution is 5.81. The quantitative estimate of drug-likeness (QED) is 0.918. The number of anilines is 1. The molecule has 4 nitrogen and oxygen atoms in total. The van der Waals surface area contributed by atoms with Gasteiger partial charge in [0.25, 0.3) is 0 Å². The van der Waals surface area contributed by atoms with Gasteiger partial charge in [0.15, 0.2) is 0 Å². The molecule has 116 valence electrons. The minimum absolute atomic E-state index is 0.239. The second kappa shape index (κ2) is 6.75. The SMILES string of the molecule is COc1cc(F)ccc1-c1ccncc1NCC1CCCO1. The minimum Gasteiger partial charge on any atom is -0.496 e. The van der Waals surface area contributed by atoms with Crippen molar-refractivity contribution in [1.82, 2.24) is 4.98 Å². The van der Waals surface area contributed by atoms with Crippen LogP contribution in [-0.2, 0) is 4.74 Å². The molecule has 1 aromatic heterocycles. The first-order valence-electron chi connectivity index (χ1n) is 7.41. The highest BCUT2D eigenvalue weighted by atomic mass is 19.1. The molecule has 1 aliphatic heterocycles. The number of aromatic nitrogens is 1. The van der Waals surface area contributed by atoms with Gasteiger partial charge >= 0.3 is 0 Å². The molecule has 1 unspecified atom stereocenters. The van der Waals surface area contributed by atoms with E-state index >= 15 is 0 Å². The number of halogens is 1. The summed E-state index contributed by atoms with van der Waals surface area (Å²) in [5.41, 5.74) is 2.66. The van der Waals surface area contributed by atoms with Gasteiger partial charge in [0.1, 0.15) is 11.6 Å². The smallest absolute Gasteiger partial charge is 0.129 e. The average Bonchev–Trinajstić information content (AvgIpc) is 3.06. The highest BCUT2D eigenvalue weighted by Crippen LogP contribution is 2.35. The average molecular weight is 302 g/mol. The van der Waals surface area contributed by atoms with Gasteiger partial charge in [-0.2, -0.15) is 0 Å². The Kier molecular flexibility index (Phi) is 4.53. The Labute approximate surface area is 129 Å². The van der Waals surface area contributed by atoms with Gasteiger partial charge in [-0.1, -0.05) is 0 Å². The van der Waals surface area contributed by atoms with E-state index in [1.165, 1.54) is 12.1 Å². The van der Waals surface area contributed by atoms with Gasteiger partial charge in [0.05, 0.1) is 25.1 Å². The van der Waals surface area contributed by atoms with Crippen molar-refractivity contribution in [2.45, 2.75) is 18.9 Å². The second-order valence-corrected chi connectivity index (χ2v) is 5.28. The van der Waals surface area contributed by atoms with Crippen LogP contribution >= 0.6 is 0 Å². The summed E-state index contributed by atoms with van der Waals surface area (Å²) in [6.07, 6.45) is 5.91. The Hall–Kier alpha value is -2.14. The van der Waals surface area contributed by atoms with E-state index in [1.54, 1.807) is 25.6 Å². The van der Waals surface area contributed by atoms with Gasteiger partial charge in [-0.15, -0.1) is 0 Å². The summed E-state index contributed by atoms with van der Waals surface area (Å²) >= 11 is 0. The van der Waals surface area contributed by atoms with Crippen LogP contribution in [0.25, 0.3) is 11.1 Å². The molecule has 0 saturated carbocycles. The number of rotatable bonds is 5. The fourth-order valence-electron chi connectivity index (χ4n) is 2.69. The highest BCUT2D eigenvalue weighted by Gasteiger charge is 2.17. The lowest BCUT2D eigenvalue weighted by Crippen LogP contribution is -2.18. The lowest BCUT2D eigenvalue weighted by atomic mass is 10.0. The van der Waals surface area contributed by atoms with Crippen molar-refractivity contribution < 1.29 is 13.9 Å². The Morgan fingerprint density at radius 3 is 3.05 bits per heavy atom. The first-order valence-corrected chi connectivity index (χ1v) is 7.41. The Morgan fingerprint density at radius 2 is 2.27 bits per heavy atom. The van der Waals surface area contributed by atoms with E-state index in [1.807, 2.05) is 6.07 Å². The van der Waals surface area contributed by atoms with Crippen LogP contribution in [0.5, 0.6) is 5.75 Å². The zero-order valence-corrected chi connectivity index (χ0v) is 12.5. The van der Waals surface area contributed by atoms with Crippen LogP contribution in [-0.4, -0.2) is 31.3 Å². The van der Waals surface area contributed by atoms with Gasteiger partial charge in [-0.3, -0.25) is 4.98 Å². The largest absolute Gasteiger partial charge is 0.496 e. The van der Waals surface area contributed by atoms with Crippen molar-refractivity contribution in [2.24, 2.45) is 0 Å². The van der Waals surface area contributed by atoms with E-state index in [0.29, 0.717) is 5.75 Å². The topological polar surface area (TPSA) is 43.4 Å². The van der Waals surface area contributed by atoms with Gasteiger partial charge in [-0.05, 0) is 31.0 Å². The summed E-state index contributed by atoms with van der Waals surface area (Å²) in [4.78, 5) is 4.17. The second-order valence-electron chi connectivity index (χ2n) is 5.28. The lowest BCUT2D eigenvalue weighted by molar-refractivity contribution is 0.120. The van der Waals surface area contributed by atoms with Crippen LogP contribution < -0.4 is 10.1 Å². The molecule has 0 aliphatic carbocycles. The first kappa shape index (κ1) is 14.8. The first-order chi connectivity index (χ1) is 10.8. The zero-order chi connectivity index (χ0) is 15.4. The van der Waals surface area contributed by atoms with Crippen molar-refractivity contribution >= 4 is 5.69 Å². The Morgan fingerprint density at radius 1 is 1.36 bits per heavy atom. The molecule has 3 rings (SSSR count). The molecule has 0 spiro atoms. The number of nitrogens with zero attached hydrogens (tertiary/aromatic N) is 1. The van der Waals surface area contributed by atoms with Gasteiger partial charge < -0.3 is 14.8 Å². The molecule has 0 bridgehead atoms. The number of methoxy groups -OCH3 is 1. The van der Waals surface area contributed by atoms with E-state index in [-0.39, 0.29) is 11.9 Å². The number of hydrogen-bond donors (Lipinski definition) is 1. The zero-order valence-electron chi connectivity index (χ0n) is 12.5. The fourth-order valence-corrected chi connectivity index (χ4v) is 2.69. The summed E-state index contributed by atoms with van der Waals surface area (Å²) in [6.45, 7) is 1.57. The summed E-state index contributed by atoms with van der Waals surface area (Å²) in [5.74, 6) is 0.190. The van der Waals surface area contributed by atoms with Crippen molar-refractivity contribution in [2.75, 3.05) is 25.6 Å². The summed E-state index contributed by atoms with van der Waals surface area (Å²) in [7, 11) is 1.54. The van der Waals surface area contributed by atoms with E-state index in [4.69, 9.17) is 9.47 Å². The van der Waals surface area contributed by atoms with E-state index in [0.717, 1.165) is 42.8 Å². The predicted molar refractivity (Wildman–Crippen MR) is 83.6 cm³/mol. The molecule has 1 N–H and O–H groups in total. The van der Waals surface area contributed by atoms with Crippen LogP contribution in [0.15, 0.2) is 36.7 Å². The van der Waals surface area contributed by atoms with E-state index < -0.39 is 0 Å². The van der Waals surface area contributed by atoms with Gasteiger partial charge in [0.2, 0.25) is 0 Å². The molecule has 1 fully saturated rings. The number of hydrogen-bond acceptors (Lipinski definition) is 4. The summed E-state index contributed by atoms with van der Waals surface area (Å²) in [6, 6.07) is 6.44. The third-order valence-corrected chi connectivity index (χ3v) is 3.82. The van der Waals surface area contributed by atoms with E-state index in [9.17, 15) is 4.39 Å². The Bertz CT molecular complexity index is 642. The molecule has 2 heterocycles. The number of ether oxygens (including phenoxy) is 2. The predicted octanol–water partition coefficient (Wildman–Crippen LogP) is 3.49. The van der Waals surface area contributed by atoms with Crippen molar-refractivity contribution in [3.63, 3.8) is 0 Å². The molecule has 5 heteroatoms. The van der Waals surface area contributed by atoms with Gasteiger partial charge in [-0.25, -0.2) is 4.39 Å². The minimum atomic E-state index is -0.316. The van der Waals surface area contributed by atoms with E-state index in [2.05, 4.69) is 10.3 Å². The third kappa shape index (κ3) is 3.20. The van der Waals surface area contributed by atoms with Crippen molar-refractivity contribution in [3.05, 3.63) is 42.5 Å². The molecule has 2 aromatic rings. The maximum Gasteiger partial charge on any atom is 0.129 e. The third-order valence-electron chi connectivity index (χ3n) is 3.82. The number of pyridine rings is 1. The summed E-state index contributed by atoms with van der Waals surface area (Å²) < 4.78 is 24.3. The van der Waals surface area contributed by atoms with Crippen LogP contribution in [0.2, 0.25) is 0 Å². The summed E-state index contributed by atoms with van der Waals surface area (Å²) in [5, 5.41) is 3.38. The number of benzene rings is 1. The van der Waals surface area contributed by atoms with Crippen molar-refractivity contribution in [3.8, 4) is 16.9 Å². The molecular weight excluding hydrogens is 283 g/mol. The van der Waals surface area contributed by atoms with Crippen LogP contribution in [0, 0.1) is 5.82 Å². The van der Waals surface area contributed by atoms with Gasteiger partial charge in [0, 0.05) is 36.5 Å². The molecule has 22 heavy (non-hydrogen) atoms.